The van der Waals surface area contributed by atoms with Gasteiger partial charge in [-0.2, -0.15) is 0 Å². The van der Waals surface area contributed by atoms with Crippen molar-refractivity contribution < 1.29 is 9.47 Å². The van der Waals surface area contributed by atoms with E-state index in [2.05, 4.69) is 29.0 Å². The molecule has 0 bridgehead atoms. The fraction of sp³-hybridized carbons (Fsp3) is 0.952. The van der Waals surface area contributed by atoms with Crippen molar-refractivity contribution in [3.8, 4) is 0 Å². The molecule has 6 nitrogen and oxygen atoms in total. The third-order valence-electron chi connectivity index (χ3n) is 7.25. The molecule has 27 heavy (non-hydrogen) atoms. The van der Waals surface area contributed by atoms with E-state index >= 15 is 0 Å². The summed E-state index contributed by atoms with van der Waals surface area (Å²) in [5.74, 6) is 1.90. The molecular formula is C21H38N4O2. The lowest BCUT2D eigenvalue weighted by atomic mass is 9.51. The van der Waals surface area contributed by atoms with Crippen LogP contribution in [-0.4, -0.2) is 87.0 Å². The van der Waals surface area contributed by atoms with E-state index in [4.69, 9.17) is 14.5 Å². The van der Waals surface area contributed by atoms with Crippen LogP contribution in [0.1, 0.15) is 46.0 Å². The summed E-state index contributed by atoms with van der Waals surface area (Å²) in [5.41, 5.74) is 0.386. The number of hydrogen-bond acceptors (Lipinski definition) is 4. The molecule has 0 radical (unpaired) electrons. The fourth-order valence-electron chi connectivity index (χ4n) is 5.51. The standard InChI is InChI=1S/C21H38N4O2/c1-3-22-20(23-18-14-19(27-4-2)21(18)7-5-8-21)25-9-6-17(16-25)15-24-10-12-26-13-11-24/h17-19H,3-16H2,1-2H3,(H,22,23). The second-order valence-electron chi connectivity index (χ2n) is 8.77. The number of ether oxygens (including phenoxy) is 2. The monoisotopic (exact) mass is 378 g/mol. The average molecular weight is 379 g/mol. The van der Waals surface area contributed by atoms with Gasteiger partial charge < -0.3 is 19.7 Å². The summed E-state index contributed by atoms with van der Waals surface area (Å²) in [7, 11) is 0. The first-order chi connectivity index (χ1) is 13.2. The molecule has 0 aromatic rings. The van der Waals surface area contributed by atoms with Crippen molar-refractivity contribution in [1.29, 1.82) is 0 Å². The summed E-state index contributed by atoms with van der Waals surface area (Å²) in [6.45, 7) is 13.4. The van der Waals surface area contributed by atoms with Crippen molar-refractivity contribution in [2.24, 2.45) is 16.3 Å². The number of aliphatic imine (C=N–C) groups is 1. The number of nitrogens with one attached hydrogen (secondary N) is 1. The minimum Gasteiger partial charge on any atom is -0.379 e. The second-order valence-corrected chi connectivity index (χ2v) is 8.77. The maximum absolute atomic E-state index is 6.03. The molecule has 2 aliphatic carbocycles. The van der Waals surface area contributed by atoms with Gasteiger partial charge in [0.05, 0.1) is 19.3 Å². The number of morpholine rings is 1. The van der Waals surface area contributed by atoms with E-state index in [1.165, 1.54) is 32.2 Å². The van der Waals surface area contributed by atoms with Crippen molar-refractivity contribution >= 4 is 5.96 Å². The first kappa shape index (κ1) is 19.5. The molecular weight excluding hydrogens is 340 g/mol. The lowest BCUT2D eigenvalue weighted by Crippen LogP contribution is -2.68. The Morgan fingerprint density at radius 3 is 2.70 bits per heavy atom. The maximum atomic E-state index is 6.03. The Morgan fingerprint density at radius 2 is 2.04 bits per heavy atom. The first-order valence-electron chi connectivity index (χ1n) is 11.2. The van der Waals surface area contributed by atoms with Crippen molar-refractivity contribution in [3.63, 3.8) is 0 Å². The zero-order valence-corrected chi connectivity index (χ0v) is 17.3. The van der Waals surface area contributed by atoms with E-state index in [1.807, 2.05) is 0 Å². The molecule has 3 atom stereocenters. The van der Waals surface area contributed by atoms with Crippen LogP contribution >= 0.6 is 0 Å². The quantitative estimate of drug-likeness (QED) is 0.566. The van der Waals surface area contributed by atoms with Gasteiger partial charge in [0.1, 0.15) is 0 Å². The van der Waals surface area contributed by atoms with Crippen molar-refractivity contribution in [3.05, 3.63) is 0 Å². The first-order valence-corrected chi connectivity index (χ1v) is 11.2. The molecule has 0 aromatic heterocycles. The summed E-state index contributed by atoms with van der Waals surface area (Å²) in [6, 6.07) is 0.548. The molecule has 2 heterocycles. The predicted molar refractivity (Wildman–Crippen MR) is 108 cm³/mol. The zero-order valence-electron chi connectivity index (χ0n) is 17.3. The van der Waals surface area contributed by atoms with Crippen LogP contribution in [0.25, 0.3) is 0 Å². The Hall–Kier alpha value is -0.850. The van der Waals surface area contributed by atoms with E-state index in [0.29, 0.717) is 17.6 Å². The highest BCUT2D eigenvalue weighted by atomic mass is 16.5. The van der Waals surface area contributed by atoms with Gasteiger partial charge in [0.25, 0.3) is 0 Å². The SMILES string of the molecule is CCN=C(NC1CC(OCC)C12CCC2)N1CCC(CN2CCOCC2)C1. The van der Waals surface area contributed by atoms with Crippen molar-refractivity contribution in [2.75, 3.05) is 59.1 Å². The van der Waals surface area contributed by atoms with Crippen LogP contribution in [0.3, 0.4) is 0 Å². The highest BCUT2D eigenvalue weighted by molar-refractivity contribution is 5.81. The topological polar surface area (TPSA) is 49.3 Å². The Labute approximate surface area is 164 Å². The molecule has 154 valence electrons. The Kier molecular flexibility index (Phi) is 6.25. The van der Waals surface area contributed by atoms with Crippen LogP contribution in [0.4, 0.5) is 0 Å². The van der Waals surface area contributed by atoms with Crippen LogP contribution in [0.15, 0.2) is 4.99 Å². The van der Waals surface area contributed by atoms with Gasteiger partial charge in [-0.25, -0.2) is 0 Å². The number of hydrogen-bond donors (Lipinski definition) is 1. The number of nitrogens with zero attached hydrogens (tertiary/aromatic N) is 3. The minimum atomic E-state index is 0.386. The summed E-state index contributed by atoms with van der Waals surface area (Å²) in [5, 5.41) is 3.86. The van der Waals surface area contributed by atoms with E-state index in [-0.39, 0.29) is 0 Å². The van der Waals surface area contributed by atoms with E-state index < -0.39 is 0 Å². The van der Waals surface area contributed by atoms with Crippen LogP contribution in [-0.2, 0) is 9.47 Å². The molecule has 3 unspecified atom stereocenters. The van der Waals surface area contributed by atoms with Crippen LogP contribution in [0.2, 0.25) is 0 Å². The van der Waals surface area contributed by atoms with Crippen LogP contribution in [0, 0.1) is 11.3 Å². The fourth-order valence-corrected chi connectivity index (χ4v) is 5.51. The summed E-state index contributed by atoms with van der Waals surface area (Å²) in [6.07, 6.45) is 6.86. The summed E-state index contributed by atoms with van der Waals surface area (Å²) in [4.78, 5) is 9.94. The second kappa shape index (κ2) is 8.66. The van der Waals surface area contributed by atoms with Gasteiger partial charge in [-0.05, 0) is 45.4 Å². The van der Waals surface area contributed by atoms with Crippen molar-refractivity contribution in [1.82, 2.24) is 15.1 Å². The van der Waals surface area contributed by atoms with Crippen LogP contribution in [0.5, 0.6) is 0 Å². The number of likely N-dealkylation sites (tertiary alicyclic amines) is 1. The minimum absolute atomic E-state index is 0.386. The molecule has 1 spiro atoms. The average Bonchev–Trinajstić information content (AvgIpc) is 3.07. The number of rotatable bonds is 6. The largest absolute Gasteiger partial charge is 0.379 e. The Bertz CT molecular complexity index is 516. The third-order valence-corrected chi connectivity index (χ3v) is 7.25. The molecule has 2 saturated heterocycles. The summed E-state index contributed by atoms with van der Waals surface area (Å²) >= 11 is 0. The third kappa shape index (κ3) is 3.99. The molecule has 2 aliphatic heterocycles. The van der Waals surface area contributed by atoms with Gasteiger partial charge in [0, 0.05) is 57.3 Å². The highest BCUT2D eigenvalue weighted by Gasteiger charge is 2.59. The van der Waals surface area contributed by atoms with Gasteiger partial charge in [-0.1, -0.05) is 6.42 Å². The molecule has 1 N–H and O–H groups in total. The van der Waals surface area contributed by atoms with Crippen molar-refractivity contribution in [2.45, 2.75) is 58.1 Å². The highest BCUT2D eigenvalue weighted by Crippen LogP contribution is 2.57. The molecule has 4 fully saturated rings. The molecule has 6 heteroatoms. The number of guanidine groups is 1. The normalized spacial score (nSPS) is 33.8. The lowest BCUT2D eigenvalue weighted by Gasteiger charge is -2.61. The van der Waals surface area contributed by atoms with Gasteiger partial charge in [-0.3, -0.25) is 9.89 Å². The van der Waals surface area contributed by atoms with Gasteiger partial charge in [0.2, 0.25) is 0 Å². The predicted octanol–water partition coefficient (Wildman–Crippen LogP) is 1.95. The maximum Gasteiger partial charge on any atom is 0.194 e. The smallest absolute Gasteiger partial charge is 0.194 e. The molecule has 0 amide bonds. The van der Waals surface area contributed by atoms with Gasteiger partial charge in [-0.15, -0.1) is 0 Å². The van der Waals surface area contributed by atoms with E-state index in [0.717, 1.165) is 70.8 Å². The lowest BCUT2D eigenvalue weighted by molar-refractivity contribution is -0.168. The van der Waals surface area contributed by atoms with E-state index in [1.54, 1.807) is 0 Å². The summed E-state index contributed by atoms with van der Waals surface area (Å²) < 4.78 is 11.5. The van der Waals surface area contributed by atoms with Gasteiger partial charge >= 0.3 is 0 Å². The van der Waals surface area contributed by atoms with E-state index in [9.17, 15) is 0 Å². The van der Waals surface area contributed by atoms with Gasteiger partial charge in [0.15, 0.2) is 5.96 Å². The molecule has 2 saturated carbocycles. The Morgan fingerprint density at radius 1 is 1.22 bits per heavy atom. The molecule has 4 rings (SSSR count). The molecule has 0 aromatic carbocycles. The zero-order chi connectivity index (χ0) is 18.7. The van der Waals surface area contributed by atoms with Crippen LogP contribution < -0.4 is 5.32 Å². The molecule has 4 aliphatic rings. The Balaban J connectivity index is 1.31.